The molecular formula is C58H14F25N7O2. The third kappa shape index (κ3) is 8.83. The van der Waals surface area contributed by atoms with Gasteiger partial charge in [-0.3, -0.25) is 9.59 Å². The molecule has 9 aromatic rings. The molecule has 9 nitrogen and oxygen atoms in total. The summed E-state index contributed by atoms with van der Waals surface area (Å²) < 4.78 is 389. The minimum absolute atomic E-state index is 0.190. The van der Waals surface area contributed by atoms with Crippen LogP contribution in [0.1, 0.15) is 32.2 Å². The monoisotopic (exact) mass is 1320 g/mol. The van der Waals surface area contributed by atoms with Gasteiger partial charge in [0.2, 0.25) is 29.1 Å². The first-order valence-electron chi connectivity index (χ1n) is 24.7. The second-order valence-electron chi connectivity index (χ2n) is 19.4. The summed E-state index contributed by atoms with van der Waals surface area (Å²) in [5.74, 6) is -76.1. The minimum Gasteiger partial charge on any atom is -0.354 e. The summed E-state index contributed by atoms with van der Waals surface area (Å²) in [5.41, 5.74) is -31.9. The van der Waals surface area contributed by atoms with Crippen molar-refractivity contribution >= 4 is 68.6 Å². The Bertz CT molecular complexity index is 5160. The normalized spacial score (nSPS) is 12.6. The Hall–Kier alpha value is -11.1. The van der Waals surface area contributed by atoms with Gasteiger partial charge in [0, 0.05) is 38.8 Å². The molecule has 2 amide bonds. The van der Waals surface area contributed by atoms with Gasteiger partial charge in [0.15, 0.2) is 116 Å². The van der Waals surface area contributed by atoms with Crippen LogP contribution in [0.4, 0.5) is 121 Å². The average Bonchev–Trinajstić information content (AvgIpc) is 1.53. The second-order valence-corrected chi connectivity index (χ2v) is 19.4. The van der Waals surface area contributed by atoms with E-state index >= 15 is 87.8 Å². The molecule has 0 spiro atoms. The molecule has 0 fully saturated rings. The van der Waals surface area contributed by atoms with Crippen molar-refractivity contribution in [3.8, 4) is 55.6 Å². The fraction of sp³-hybridized carbons (Fsp3) is 0. The molecule has 5 N–H and O–H groups in total. The number of halogens is 25. The molecule has 4 aromatic heterocycles. The Labute approximate surface area is 488 Å². The maximum atomic E-state index is 16.3. The van der Waals surface area contributed by atoms with Gasteiger partial charge in [0.1, 0.15) is 11.5 Å². The zero-order valence-electron chi connectivity index (χ0n) is 43.4. The highest BCUT2D eigenvalue weighted by Gasteiger charge is 2.39. The molecule has 3 aliphatic rings. The number of hydrogen-bond donors (Lipinski definition) is 5. The van der Waals surface area contributed by atoms with Crippen LogP contribution < -0.4 is 10.6 Å². The number of hydrogen-bond acceptors (Lipinski definition) is 4. The zero-order chi connectivity index (χ0) is 66.6. The number of rotatable bonds is 5. The fourth-order valence-electron chi connectivity index (χ4n) is 10.2. The fourth-order valence-corrected chi connectivity index (χ4v) is 10.2. The third-order valence-corrected chi connectivity index (χ3v) is 14.3. The van der Waals surface area contributed by atoms with E-state index in [1.54, 1.807) is 5.32 Å². The Morgan fingerprint density at radius 2 is 0.522 bits per heavy atom. The summed E-state index contributed by atoms with van der Waals surface area (Å²) in [7, 11) is 0. The Kier molecular flexibility index (Phi) is 14.3. The van der Waals surface area contributed by atoms with E-state index in [0.717, 1.165) is 12.1 Å². The summed E-state index contributed by atoms with van der Waals surface area (Å²) >= 11 is 0. The Morgan fingerprint density at radius 1 is 0.250 bits per heavy atom. The van der Waals surface area contributed by atoms with Crippen LogP contribution in [-0.4, -0.2) is 36.7 Å². The first kappa shape index (κ1) is 61.2. The van der Waals surface area contributed by atoms with Crippen molar-refractivity contribution in [2.24, 2.45) is 0 Å². The number of aromatic amines is 3. The lowest BCUT2D eigenvalue weighted by Gasteiger charge is -2.12. The number of fused-ring (bicyclic) bond motifs is 13. The van der Waals surface area contributed by atoms with Crippen LogP contribution in [0.25, 0.3) is 101 Å². The van der Waals surface area contributed by atoms with Crippen LogP contribution in [0.2, 0.25) is 0 Å². The number of amides is 2. The number of benzene rings is 5. The van der Waals surface area contributed by atoms with Crippen LogP contribution in [0, 0.1) is 145 Å². The third-order valence-electron chi connectivity index (χ3n) is 14.3. The van der Waals surface area contributed by atoms with Crippen LogP contribution >= 0.6 is 0 Å². The lowest BCUT2D eigenvalue weighted by Crippen LogP contribution is -2.10. The zero-order valence-corrected chi connectivity index (χ0v) is 43.4. The molecule has 0 unspecified atom stereocenters. The molecule has 92 heavy (non-hydrogen) atoms. The van der Waals surface area contributed by atoms with E-state index in [1.807, 2.05) is 10.3 Å². The number of carbonyl (C=O) groups excluding carboxylic acids is 2. The number of nitrogens with zero attached hydrogens (tertiary/aromatic N) is 2. The highest BCUT2D eigenvalue weighted by molar-refractivity contribution is 6.18. The molecule has 5 aromatic carbocycles. The van der Waals surface area contributed by atoms with Crippen molar-refractivity contribution in [3.63, 3.8) is 0 Å². The van der Waals surface area contributed by atoms with Gasteiger partial charge >= 0.3 is 0 Å². The first-order valence-corrected chi connectivity index (χ1v) is 24.7. The quantitative estimate of drug-likeness (QED) is 0.0667. The molecule has 0 aliphatic carbocycles. The highest BCUT2D eigenvalue weighted by Crippen LogP contribution is 2.47. The van der Waals surface area contributed by atoms with Gasteiger partial charge in [-0.2, -0.15) is 0 Å². The summed E-state index contributed by atoms with van der Waals surface area (Å²) in [6, 6.07) is 3.75. The van der Waals surface area contributed by atoms with E-state index in [0.29, 0.717) is 36.4 Å². The number of aromatic nitrogens is 5. The molecule has 34 heteroatoms. The van der Waals surface area contributed by atoms with Crippen LogP contribution in [0.3, 0.4) is 0 Å². The number of carbonyl (C=O) groups is 2. The van der Waals surface area contributed by atoms with Crippen molar-refractivity contribution in [2.75, 3.05) is 10.6 Å². The Morgan fingerprint density at radius 3 is 0.913 bits per heavy atom. The van der Waals surface area contributed by atoms with E-state index in [1.165, 1.54) is 0 Å². The van der Waals surface area contributed by atoms with E-state index in [9.17, 15) is 31.5 Å². The minimum atomic E-state index is -2.92. The van der Waals surface area contributed by atoms with Crippen LogP contribution in [0.15, 0.2) is 42.5 Å². The van der Waals surface area contributed by atoms with Gasteiger partial charge in [-0.1, -0.05) is 0 Å². The average molecular weight is 1320 g/mol. The maximum Gasteiger partial charge on any atom is 0.276 e. The van der Waals surface area contributed by atoms with Crippen molar-refractivity contribution in [3.05, 3.63) is 211 Å². The van der Waals surface area contributed by atoms with Gasteiger partial charge in [0.25, 0.3) is 11.8 Å². The predicted octanol–water partition coefficient (Wildman–Crippen LogP) is 17.3. The molecule has 0 saturated heterocycles. The van der Waals surface area contributed by atoms with Crippen molar-refractivity contribution < 1.29 is 119 Å². The van der Waals surface area contributed by atoms with Crippen molar-refractivity contribution in [1.82, 2.24) is 24.9 Å². The molecule has 7 heterocycles. The van der Waals surface area contributed by atoms with E-state index < -0.39 is 280 Å². The number of anilines is 2. The van der Waals surface area contributed by atoms with Gasteiger partial charge < -0.3 is 25.6 Å². The van der Waals surface area contributed by atoms with Crippen molar-refractivity contribution in [1.29, 1.82) is 0 Å². The smallest absolute Gasteiger partial charge is 0.276 e. The summed E-state index contributed by atoms with van der Waals surface area (Å²) in [6.45, 7) is 0. The summed E-state index contributed by atoms with van der Waals surface area (Å²) in [5, 5.41) is 3.55. The second kappa shape index (κ2) is 21.6. The molecular weight excluding hydrogens is 1300 g/mol. The number of H-pyrrole nitrogens is 3. The van der Waals surface area contributed by atoms with E-state index in [-0.39, 0.29) is 6.07 Å². The summed E-state index contributed by atoms with van der Waals surface area (Å²) in [4.78, 5) is 42.9. The molecule has 0 radical (unpaired) electrons. The molecule has 0 saturated carbocycles. The van der Waals surface area contributed by atoms with Gasteiger partial charge in [0.05, 0.1) is 72.6 Å². The summed E-state index contributed by atoms with van der Waals surface area (Å²) in [6.07, 6.45) is 0.716. The lowest BCUT2D eigenvalue weighted by molar-refractivity contribution is 0.102. The van der Waals surface area contributed by atoms with Crippen LogP contribution in [-0.2, 0) is 0 Å². The predicted molar refractivity (Wildman–Crippen MR) is 270 cm³/mol. The van der Waals surface area contributed by atoms with Crippen LogP contribution in [0.5, 0.6) is 0 Å². The van der Waals surface area contributed by atoms with Gasteiger partial charge in [-0.25, -0.2) is 120 Å². The van der Waals surface area contributed by atoms with E-state index in [2.05, 4.69) is 19.9 Å². The highest BCUT2D eigenvalue weighted by atomic mass is 19.2. The van der Waals surface area contributed by atoms with E-state index in [4.69, 9.17) is 0 Å². The molecule has 12 bridgehead atoms. The molecule has 3 aliphatic heterocycles. The van der Waals surface area contributed by atoms with Crippen molar-refractivity contribution in [2.45, 2.75) is 0 Å². The first-order chi connectivity index (χ1) is 43.4. The Balaban J connectivity index is 1.39. The van der Waals surface area contributed by atoms with Gasteiger partial charge in [-0.15, -0.1) is 0 Å². The standard InChI is InChI=1S/C58H14F25N7O2/c59-30-25(31(60)41(70)50(79)40(30)69)20-10-9-19(88-57(10)91)22(27-34(63)44(73)52(81)45(74)35(27)64)16-6-5-14(86-16)21(26-32(61)42(71)51(80)43(72)33(26)62)15-7-8-17(87-15)23(28-36(65)46(75)53(82)47(76)37(28)66)55-58(92)90-56(89-55)24(29-38(67)48(77)54(83)49(78)39(29)68)18-4-2-12(85-18)11-1-3-13(20)84-11/h1-9,84-85,87H,(H,88,91)(H,89,90,92). The van der Waals surface area contributed by atoms with Gasteiger partial charge in [-0.05, 0) is 54.6 Å². The lowest BCUT2D eigenvalue weighted by atomic mass is 9.98. The number of nitrogens with one attached hydrogen (secondary N) is 5. The molecule has 12 rings (SSSR count). The largest absolute Gasteiger partial charge is 0.354 e. The topological polar surface area (TPSA) is 131 Å². The molecule has 0 atom stereocenters. The SMILES string of the molecule is O=C1Nc2cc1c(-c1c(F)c(F)c(F)c(F)c1F)c1ccc([nH]1)c1ccc([nH]1)c(-c1c(F)c(F)c(F)c(F)c1F)c1nc(c(-c3c(F)c(F)c(F)c(F)c3F)c3ccc([nH]3)c(-c3c(F)c(F)c(F)c(F)c3F)c3nc(c2-c2c(F)c(F)c(F)c(F)c2F)C=C3)C(=O)N1. The molecule has 468 valence electrons. The maximum absolute atomic E-state index is 16.3.